The summed E-state index contributed by atoms with van der Waals surface area (Å²) in [5, 5.41) is 3.32. The number of anilines is 1. The van der Waals surface area contributed by atoms with Gasteiger partial charge in [-0.15, -0.1) is 0 Å². The smallest absolute Gasteiger partial charge is 0.264 e. The van der Waals surface area contributed by atoms with E-state index in [0.29, 0.717) is 29.3 Å². The van der Waals surface area contributed by atoms with E-state index in [1.54, 1.807) is 19.2 Å². The molecule has 0 saturated carbocycles. The van der Waals surface area contributed by atoms with Crippen molar-refractivity contribution in [3.63, 3.8) is 0 Å². The molecule has 0 atom stereocenters. The highest BCUT2D eigenvalue weighted by Crippen LogP contribution is 2.35. The zero-order valence-corrected chi connectivity index (χ0v) is 21.2. The van der Waals surface area contributed by atoms with Crippen molar-refractivity contribution >= 4 is 27.3 Å². The number of nitrogens with one attached hydrogen (secondary N) is 1. The third kappa shape index (κ3) is 6.04. The minimum absolute atomic E-state index is 0.0161. The molecule has 0 aliphatic rings. The maximum atomic E-state index is 14.4. The van der Waals surface area contributed by atoms with Crippen LogP contribution in [0.4, 0.5) is 14.5 Å². The SMILES string of the molecule is CNCCCN(c1ccc(Cl)cc1Cc1c(F)cccc1F)S(=O)(=O)c1ccc(OC)c(OC)c1. The van der Waals surface area contributed by atoms with Gasteiger partial charge >= 0.3 is 0 Å². The predicted molar refractivity (Wildman–Crippen MR) is 133 cm³/mol. The van der Waals surface area contributed by atoms with Gasteiger partial charge in [0, 0.05) is 29.6 Å². The monoisotopic (exact) mass is 524 g/mol. The molecule has 0 unspecified atom stereocenters. The lowest BCUT2D eigenvalue weighted by molar-refractivity contribution is 0.354. The lowest BCUT2D eigenvalue weighted by atomic mass is 10.0. The number of halogens is 3. The first-order valence-electron chi connectivity index (χ1n) is 10.8. The van der Waals surface area contributed by atoms with Crippen LogP contribution in [-0.2, 0) is 16.4 Å². The van der Waals surface area contributed by atoms with Gasteiger partial charge in [0.05, 0.1) is 24.8 Å². The zero-order valence-electron chi connectivity index (χ0n) is 19.6. The fraction of sp³-hybridized carbons (Fsp3) is 0.280. The third-order valence-electron chi connectivity index (χ3n) is 5.47. The average Bonchev–Trinajstić information content (AvgIpc) is 2.84. The Morgan fingerprint density at radius 2 is 1.66 bits per heavy atom. The Balaban J connectivity index is 2.14. The summed E-state index contributed by atoms with van der Waals surface area (Å²) in [6.07, 6.45) is 0.303. The molecule has 0 heterocycles. The Bertz CT molecular complexity index is 1270. The molecule has 6 nitrogen and oxygen atoms in total. The second kappa shape index (κ2) is 11.7. The summed E-state index contributed by atoms with van der Waals surface area (Å²) in [5.41, 5.74) is 0.479. The van der Waals surface area contributed by atoms with Crippen LogP contribution in [0, 0.1) is 11.6 Å². The molecule has 0 aromatic heterocycles. The van der Waals surface area contributed by atoms with Crippen LogP contribution in [0.5, 0.6) is 11.5 Å². The topological polar surface area (TPSA) is 67.9 Å². The zero-order chi connectivity index (χ0) is 25.6. The highest BCUT2D eigenvalue weighted by Gasteiger charge is 2.28. The first-order chi connectivity index (χ1) is 16.7. The summed E-state index contributed by atoms with van der Waals surface area (Å²) in [7, 11) is 0.537. The van der Waals surface area contributed by atoms with Gasteiger partial charge in [0.15, 0.2) is 11.5 Å². The summed E-state index contributed by atoms with van der Waals surface area (Å²) in [6.45, 7) is 0.675. The largest absolute Gasteiger partial charge is 0.493 e. The van der Waals surface area contributed by atoms with Gasteiger partial charge in [-0.3, -0.25) is 4.31 Å². The van der Waals surface area contributed by atoms with Gasteiger partial charge in [-0.05, 0) is 68.0 Å². The van der Waals surface area contributed by atoms with Crippen LogP contribution in [-0.4, -0.2) is 42.8 Å². The van der Waals surface area contributed by atoms with E-state index in [9.17, 15) is 17.2 Å². The lowest BCUT2D eigenvalue weighted by Crippen LogP contribution is -2.34. The number of rotatable bonds is 11. The molecule has 0 spiro atoms. The van der Waals surface area contributed by atoms with Gasteiger partial charge in [0.25, 0.3) is 10.0 Å². The summed E-state index contributed by atoms with van der Waals surface area (Å²) in [6, 6.07) is 12.5. The number of sulfonamides is 1. The highest BCUT2D eigenvalue weighted by atomic mass is 35.5. The van der Waals surface area contributed by atoms with Crippen LogP contribution >= 0.6 is 11.6 Å². The number of nitrogens with zero attached hydrogens (tertiary/aromatic N) is 1. The van der Waals surface area contributed by atoms with Crippen molar-refractivity contribution in [1.29, 1.82) is 0 Å². The van der Waals surface area contributed by atoms with Gasteiger partial charge in [-0.2, -0.15) is 0 Å². The molecule has 3 rings (SSSR count). The predicted octanol–water partition coefficient (Wildman–Crippen LogP) is 5.03. The quantitative estimate of drug-likeness (QED) is 0.356. The van der Waals surface area contributed by atoms with Gasteiger partial charge < -0.3 is 14.8 Å². The van der Waals surface area contributed by atoms with Crippen molar-refractivity contribution in [2.45, 2.75) is 17.7 Å². The van der Waals surface area contributed by atoms with E-state index >= 15 is 0 Å². The molecule has 0 amide bonds. The van der Waals surface area contributed by atoms with E-state index in [4.69, 9.17) is 21.1 Å². The number of ether oxygens (including phenoxy) is 2. The first kappa shape index (κ1) is 26.7. The second-order valence-electron chi connectivity index (χ2n) is 7.70. The minimum Gasteiger partial charge on any atom is -0.493 e. The number of hydrogen-bond acceptors (Lipinski definition) is 5. The maximum Gasteiger partial charge on any atom is 0.264 e. The van der Waals surface area contributed by atoms with Crippen molar-refractivity contribution in [3.8, 4) is 11.5 Å². The molecule has 0 aliphatic carbocycles. The van der Waals surface area contributed by atoms with Crippen LogP contribution in [0.1, 0.15) is 17.5 Å². The van der Waals surface area contributed by atoms with E-state index in [1.807, 2.05) is 0 Å². The summed E-state index contributed by atoms with van der Waals surface area (Å²) in [4.78, 5) is -0.0161. The molecule has 0 bridgehead atoms. The molecule has 3 aromatic rings. The van der Waals surface area contributed by atoms with Gasteiger partial charge in [0.2, 0.25) is 0 Å². The normalized spacial score (nSPS) is 11.4. The van der Waals surface area contributed by atoms with E-state index < -0.39 is 21.7 Å². The summed E-state index contributed by atoms with van der Waals surface area (Å²) in [5.74, 6) is -0.801. The lowest BCUT2D eigenvalue weighted by Gasteiger charge is -2.27. The van der Waals surface area contributed by atoms with E-state index in [2.05, 4.69) is 5.32 Å². The number of hydrogen-bond donors (Lipinski definition) is 1. The molecule has 1 N–H and O–H groups in total. The van der Waals surface area contributed by atoms with E-state index in [-0.39, 0.29) is 34.9 Å². The molecule has 0 fully saturated rings. The van der Waals surface area contributed by atoms with Gasteiger partial charge in [-0.25, -0.2) is 17.2 Å². The number of methoxy groups -OCH3 is 2. The van der Waals surface area contributed by atoms with E-state index in [1.165, 1.54) is 48.9 Å². The van der Waals surface area contributed by atoms with Crippen molar-refractivity contribution < 1.29 is 26.7 Å². The molecule has 0 aliphatic heterocycles. The molecular weight excluding hydrogens is 498 g/mol. The van der Waals surface area contributed by atoms with Crippen LogP contribution in [0.3, 0.4) is 0 Å². The Labute approximate surface area is 209 Å². The van der Waals surface area contributed by atoms with Crippen LogP contribution in [0.15, 0.2) is 59.5 Å². The van der Waals surface area contributed by atoms with Crippen molar-refractivity contribution in [2.24, 2.45) is 0 Å². The van der Waals surface area contributed by atoms with Crippen molar-refractivity contribution in [3.05, 3.63) is 82.4 Å². The van der Waals surface area contributed by atoms with Gasteiger partial charge in [0.1, 0.15) is 11.6 Å². The fourth-order valence-corrected chi connectivity index (χ4v) is 5.46. The minimum atomic E-state index is -4.10. The molecule has 0 saturated heterocycles. The molecule has 3 aromatic carbocycles. The van der Waals surface area contributed by atoms with Crippen LogP contribution in [0.2, 0.25) is 5.02 Å². The van der Waals surface area contributed by atoms with E-state index in [0.717, 1.165) is 12.1 Å². The Kier molecular flexibility index (Phi) is 8.93. The third-order valence-corrected chi connectivity index (χ3v) is 7.51. The van der Waals surface area contributed by atoms with Crippen LogP contribution in [0.25, 0.3) is 0 Å². The summed E-state index contributed by atoms with van der Waals surface area (Å²) >= 11 is 6.20. The first-order valence-corrected chi connectivity index (χ1v) is 12.7. The van der Waals surface area contributed by atoms with Crippen LogP contribution < -0.4 is 19.1 Å². The Morgan fingerprint density at radius 1 is 0.971 bits per heavy atom. The molecule has 10 heteroatoms. The standard InChI is InChI=1S/C25H27ClF2N2O4S/c1-29-12-5-13-30(35(31,32)19-9-11-24(33-2)25(16-19)34-3)23-10-8-18(26)14-17(23)15-20-21(27)6-4-7-22(20)28/h4,6-11,14,16,29H,5,12-13,15H2,1-3H3. The maximum absolute atomic E-state index is 14.4. The number of benzene rings is 3. The van der Waals surface area contributed by atoms with Gasteiger partial charge in [-0.1, -0.05) is 17.7 Å². The fourth-order valence-electron chi connectivity index (χ4n) is 3.70. The Hall–Kier alpha value is -2.88. The second-order valence-corrected chi connectivity index (χ2v) is 10.00. The molecule has 188 valence electrons. The molecule has 0 radical (unpaired) electrons. The van der Waals surface area contributed by atoms with Crippen molar-refractivity contribution in [1.82, 2.24) is 5.32 Å². The molecule has 35 heavy (non-hydrogen) atoms. The average molecular weight is 525 g/mol. The van der Waals surface area contributed by atoms with Crippen molar-refractivity contribution in [2.75, 3.05) is 38.7 Å². The highest BCUT2D eigenvalue weighted by molar-refractivity contribution is 7.92. The molecular formula is C25H27ClF2N2O4S. The Morgan fingerprint density at radius 3 is 2.29 bits per heavy atom. The summed E-state index contributed by atoms with van der Waals surface area (Å²) < 4.78 is 68.3.